The van der Waals surface area contributed by atoms with Crippen molar-refractivity contribution in [2.45, 2.75) is 26.2 Å². The third-order valence-corrected chi connectivity index (χ3v) is 5.20. The molecule has 2 aromatic carbocycles. The summed E-state index contributed by atoms with van der Waals surface area (Å²) in [6.07, 6.45) is 5.80. The zero-order valence-electron chi connectivity index (χ0n) is 16.5. The highest BCUT2D eigenvalue weighted by molar-refractivity contribution is 5.98. The highest BCUT2D eigenvalue weighted by Crippen LogP contribution is 2.29. The molecule has 0 saturated carbocycles. The Labute approximate surface area is 170 Å². The van der Waals surface area contributed by atoms with Crippen LogP contribution in [0.2, 0.25) is 0 Å². The van der Waals surface area contributed by atoms with Crippen LogP contribution in [0.1, 0.15) is 34.8 Å². The van der Waals surface area contributed by atoms with Crippen molar-refractivity contribution in [1.82, 2.24) is 15.1 Å². The molecule has 2 amide bonds. The third-order valence-electron chi connectivity index (χ3n) is 5.20. The van der Waals surface area contributed by atoms with Gasteiger partial charge in [-0.15, -0.1) is 0 Å². The molecule has 0 radical (unpaired) electrons. The molecule has 0 bridgehead atoms. The number of nitrogens with zero attached hydrogens (tertiary/aromatic N) is 3. The SMILES string of the molecule is CCC(=O)N1CCc2cc(C(=O)NCCc3cnn(-c4ccccc4)c3)ccc21. The number of nitrogens with one attached hydrogen (secondary N) is 1. The van der Waals surface area contributed by atoms with Crippen LogP contribution in [0, 0.1) is 0 Å². The van der Waals surface area contributed by atoms with Crippen molar-refractivity contribution < 1.29 is 9.59 Å². The van der Waals surface area contributed by atoms with Crippen LogP contribution < -0.4 is 10.2 Å². The minimum absolute atomic E-state index is 0.0940. The first-order valence-corrected chi connectivity index (χ1v) is 9.96. The fourth-order valence-corrected chi connectivity index (χ4v) is 3.63. The van der Waals surface area contributed by atoms with Gasteiger partial charge in [-0.3, -0.25) is 9.59 Å². The highest BCUT2D eigenvalue weighted by Gasteiger charge is 2.24. The maximum absolute atomic E-state index is 12.5. The Balaban J connectivity index is 1.34. The second-order valence-corrected chi connectivity index (χ2v) is 7.13. The Kier molecular flexibility index (Phi) is 5.42. The largest absolute Gasteiger partial charge is 0.352 e. The summed E-state index contributed by atoms with van der Waals surface area (Å²) < 4.78 is 1.83. The van der Waals surface area contributed by atoms with E-state index in [0.29, 0.717) is 31.5 Å². The molecule has 3 aromatic rings. The number of carbonyl (C=O) groups excluding carboxylic acids is 2. The lowest BCUT2D eigenvalue weighted by Crippen LogP contribution is -2.28. The quantitative estimate of drug-likeness (QED) is 0.705. The van der Waals surface area contributed by atoms with E-state index in [1.165, 1.54) is 0 Å². The lowest BCUT2D eigenvalue weighted by molar-refractivity contribution is -0.118. The van der Waals surface area contributed by atoms with Crippen molar-refractivity contribution in [3.8, 4) is 5.69 Å². The Morgan fingerprint density at radius 2 is 1.97 bits per heavy atom. The Bertz CT molecular complexity index is 1030. The van der Waals surface area contributed by atoms with Crippen molar-refractivity contribution in [3.63, 3.8) is 0 Å². The first-order chi connectivity index (χ1) is 14.2. The van der Waals surface area contributed by atoms with E-state index in [0.717, 1.165) is 28.9 Å². The van der Waals surface area contributed by atoms with E-state index in [2.05, 4.69) is 10.4 Å². The van der Waals surface area contributed by atoms with Crippen LogP contribution in [-0.2, 0) is 17.6 Å². The molecule has 29 heavy (non-hydrogen) atoms. The van der Waals surface area contributed by atoms with Crippen molar-refractivity contribution >= 4 is 17.5 Å². The molecule has 0 fully saturated rings. The van der Waals surface area contributed by atoms with E-state index in [9.17, 15) is 9.59 Å². The van der Waals surface area contributed by atoms with Gasteiger partial charge in [-0.25, -0.2) is 4.68 Å². The zero-order valence-corrected chi connectivity index (χ0v) is 16.5. The standard InChI is InChI=1S/C23H24N4O2/c1-2-22(28)26-13-11-18-14-19(8-9-21(18)26)23(29)24-12-10-17-15-25-27(16-17)20-6-4-3-5-7-20/h3-9,14-16H,2,10-13H2,1H3,(H,24,29). The average Bonchev–Trinajstić information content (AvgIpc) is 3.40. The molecule has 1 aromatic heterocycles. The second-order valence-electron chi connectivity index (χ2n) is 7.13. The van der Waals surface area contributed by atoms with Crippen molar-refractivity contribution in [2.75, 3.05) is 18.0 Å². The van der Waals surface area contributed by atoms with Crippen LogP contribution in [0.4, 0.5) is 5.69 Å². The Morgan fingerprint density at radius 1 is 1.14 bits per heavy atom. The van der Waals surface area contributed by atoms with Crippen LogP contribution >= 0.6 is 0 Å². The molecule has 1 N–H and O–H groups in total. The summed E-state index contributed by atoms with van der Waals surface area (Å²) in [7, 11) is 0. The van der Waals surface area contributed by atoms with E-state index in [1.807, 2.05) is 66.5 Å². The van der Waals surface area contributed by atoms with Crippen LogP contribution in [0.15, 0.2) is 60.9 Å². The normalized spacial score (nSPS) is 12.7. The van der Waals surface area contributed by atoms with Gasteiger partial charge in [0.15, 0.2) is 0 Å². The Morgan fingerprint density at radius 3 is 2.76 bits per heavy atom. The first-order valence-electron chi connectivity index (χ1n) is 9.96. The summed E-state index contributed by atoms with van der Waals surface area (Å²) in [5.74, 6) is 0.0283. The van der Waals surface area contributed by atoms with Gasteiger partial charge in [0.2, 0.25) is 5.91 Å². The number of carbonyl (C=O) groups is 2. The Hall–Kier alpha value is -3.41. The highest BCUT2D eigenvalue weighted by atomic mass is 16.2. The van der Waals surface area contributed by atoms with E-state index >= 15 is 0 Å². The van der Waals surface area contributed by atoms with Crippen molar-refractivity contribution in [1.29, 1.82) is 0 Å². The molecule has 2 heterocycles. The zero-order chi connectivity index (χ0) is 20.2. The average molecular weight is 388 g/mol. The van der Waals surface area contributed by atoms with E-state index < -0.39 is 0 Å². The molecule has 1 aliphatic heterocycles. The van der Waals surface area contributed by atoms with Gasteiger partial charge in [0.05, 0.1) is 11.9 Å². The molecule has 0 atom stereocenters. The number of rotatable bonds is 6. The predicted molar refractivity (Wildman–Crippen MR) is 112 cm³/mol. The molecule has 0 unspecified atom stereocenters. The third kappa shape index (κ3) is 4.06. The monoisotopic (exact) mass is 388 g/mol. The molecular weight excluding hydrogens is 364 g/mol. The molecule has 0 spiro atoms. The van der Waals surface area contributed by atoms with Crippen molar-refractivity contribution in [2.24, 2.45) is 0 Å². The summed E-state index contributed by atoms with van der Waals surface area (Å²) in [5, 5.41) is 7.36. The lowest BCUT2D eigenvalue weighted by Gasteiger charge is -2.16. The van der Waals surface area contributed by atoms with Gasteiger partial charge >= 0.3 is 0 Å². The fourth-order valence-electron chi connectivity index (χ4n) is 3.63. The first kappa shape index (κ1) is 18.9. The molecular formula is C23H24N4O2. The fraction of sp³-hybridized carbons (Fsp3) is 0.261. The van der Waals surface area contributed by atoms with E-state index in [1.54, 1.807) is 11.0 Å². The number of hydrogen-bond donors (Lipinski definition) is 1. The second kappa shape index (κ2) is 8.31. The van der Waals surface area contributed by atoms with Gasteiger partial charge in [-0.1, -0.05) is 25.1 Å². The van der Waals surface area contributed by atoms with Gasteiger partial charge in [-0.2, -0.15) is 5.10 Å². The molecule has 0 saturated heterocycles. The number of benzene rings is 2. The smallest absolute Gasteiger partial charge is 0.251 e. The minimum atomic E-state index is -0.0940. The molecule has 6 nitrogen and oxygen atoms in total. The van der Waals surface area contributed by atoms with Gasteiger partial charge < -0.3 is 10.2 Å². The molecule has 4 rings (SSSR count). The number of anilines is 1. The maximum Gasteiger partial charge on any atom is 0.251 e. The van der Waals surface area contributed by atoms with Gasteiger partial charge in [0, 0.05) is 37.0 Å². The van der Waals surface area contributed by atoms with Gasteiger partial charge in [-0.05, 0) is 54.3 Å². The summed E-state index contributed by atoms with van der Waals surface area (Å²) in [5.41, 5.74) is 4.70. The topological polar surface area (TPSA) is 67.2 Å². The predicted octanol–water partition coefficient (Wildman–Crippen LogP) is 3.14. The number of para-hydroxylation sites is 1. The van der Waals surface area contributed by atoms with Crippen LogP contribution in [0.3, 0.4) is 0 Å². The van der Waals surface area contributed by atoms with Crippen molar-refractivity contribution in [3.05, 3.63) is 77.6 Å². The number of amides is 2. The lowest BCUT2D eigenvalue weighted by atomic mass is 10.1. The molecule has 6 heteroatoms. The molecule has 1 aliphatic rings. The van der Waals surface area contributed by atoms with Gasteiger partial charge in [0.25, 0.3) is 5.91 Å². The number of hydrogen-bond acceptors (Lipinski definition) is 3. The van der Waals surface area contributed by atoms with E-state index in [4.69, 9.17) is 0 Å². The van der Waals surface area contributed by atoms with Crippen LogP contribution in [0.5, 0.6) is 0 Å². The van der Waals surface area contributed by atoms with E-state index in [-0.39, 0.29) is 11.8 Å². The molecule has 0 aliphatic carbocycles. The van der Waals surface area contributed by atoms with Gasteiger partial charge in [0.1, 0.15) is 0 Å². The van der Waals surface area contributed by atoms with Crippen LogP contribution in [0.25, 0.3) is 5.69 Å². The summed E-state index contributed by atoms with van der Waals surface area (Å²) in [6, 6.07) is 15.5. The number of aromatic nitrogens is 2. The minimum Gasteiger partial charge on any atom is -0.352 e. The van der Waals surface area contributed by atoms with Crippen LogP contribution in [-0.4, -0.2) is 34.7 Å². The summed E-state index contributed by atoms with van der Waals surface area (Å²) in [4.78, 5) is 26.3. The summed E-state index contributed by atoms with van der Waals surface area (Å²) in [6.45, 7) is 3.10. The number of fused-ring (bicyclic) bond motifs is 1. The maximum atomic E-state index is 12.5. The molecule has 148 valence electrons. The summed E-state index contributed by atoms with van der Waals surface area (Å²) >= 11 is 0.